The van der Waals surface area contributed by atoms with E-state index in [1.54, 1.807) is 6.08 Å². The topological polar surface area (TPSA) is 109 Å². The van der Waals surface area contributed by atoms with Crippen LogP contribution in [0.25, 0.3) is 0 Å². The molecular weight excluding hydrogens is 302 g/mol. The van der Waals surface area contributed by atoms with Crippen LogP contribution in [0.15, 0.2) is 25.3 Å². The summed E-state index contributed by atoms with van der Waals surface area (Å²) in [6.45, 7) is 4.13. The molecule has 3 heterocycles. The first kappa shape index (κ1) is 15.2. The van der Waals surface area contributed by atoms with Gasteiger partial charge in [0.05, 0.1) is 5.92 Å². The van der Waals surface area contributed by atoms with E-state index in [-0.39, 0.29) is 38.0 Å². The molecule has 3 rings (SSSR count). The van der Waals surface area contributed by atoms with Crippen LogP contribution in [0.2, 0.25) is 0 Å². The van der Waals surface area contributed by atoms with E-state index in [0.717, 1.165) is 0 Å². The second-order valence-electron chi connectivity index (χ2n) is 5.89. The van der Waals surface area contributed by atoms with Crippen molar-refractivity contribution in [2.24, 2.45) is 11.3 Å². The van der Waals surface area contributed by atoms with Crippen LogP contribution in [0.1, 0.15) is 0 Å². The number of carbonyl (C=O) groups excluding carboxylic acids is 2. The number of hydrogen-bond donors (Lipinski definition) is 1. The number of fused-ring (bicyclic) bond motifs is 1. The number of hydrogen-bond acceptors (Lipinski definition) is 5. The van der Waals surface area contributed by atoms with E-state index in [2.05, 4.69) is 16.7 Å². The van der Waals surface area contributed by atoms with Crippen LogP contribution < -0.4 is 0 Å². The predicted molar refractivity (Wildman–Crippen MR) is 76.9 cm³/mol. The first-order valence-electron chi connectivity index (χ1n) is 7.21. The SMILES string of the molecule is C=CCN1C[C@@]2(C(=O)O)CN(C(=O)Cn3cncn3)C[C@H]2C1=O. The molecule has 0 radical (unpaired) electrons. The summed E-state index contributed by atoms with van der Waals surface area (Å²) in [5, 5.41) is 13.5. The summed E-state index contributed by atoms with van der Waals surface area (Å²) in [6, 6.07) is 0. The molecule has 0 aromatic carbocycles. The van der Waals surface area contributed by atoms with Gasteiger partial charge < -0.3 is 14.9 Å². The summed E-state index contributed by atoms with van der Waals surface area (Å²) in [5.74, 6) is -2.25. The van der Waals surface area contributed by atoms with Crippen molar-refractivity contribution in [3.63, 3.8) is 0 Å². The second kappa shape index (κ2) is 5.49. The van der Waals surface area contributed by atoms with Crippen LogP contribution in [0.5, 0.6) is 0 Å². The van der Waals surface area contributed by atoms with Crippen molar-refractivity contribution < 1.29 is 19.5 Å². The number of aromatic nitrogens is 3. The Morgan fingerprint density at radius 3 is 2.83 bits per heavy atom. The van der Waals surface area contributed by atoms with Gasteiger partial charge in [0.2, 0.25) is 11.8 Å². The minimum Gasteiger partial charge on any atom is -0.481 e. The summed E-state index contributed by atoms with van der Waals surface area (Å²) >= 11 is 0. The zero-order valence-electron chi connectivity index (χ0n) is 12.5. The molecule has 9 heteroatoms. The van der Waals surface area contributed by atoms with Gasteiger partial charge in [0.25, 0.3) is 0 Å². The molecule has 0 unspecified atom stereocenters. The molecule has 2 saturated heterocycles. The van der Waals surface area contributed by atoms with Crippen LogP contribution in [0.4, 0.5) is 0 Å². The van der Waals surface area contributed by atoms with Crippen molar-refractivity contribution in [1.82, 2.24) is 24.6 Å². The average Bonchev–Trinajstić information content (AvgIpc) is 3.18. The number of amides is 2. The van der Waals surface area contributed by atoms with Crippen molar-refractivity contribution in [2.45, 2.75) is 6.54 Å². The number of carboxylic acid groups (broad SMARTS) is 1. The molecular formula is C14H17N5O4. The Hall–Kier alpha value is -2.71. The van der Waals surface area contributed by atoms with Crippen LogP contribution >= 0.6 is 0 Å². The van der Waals surface area contributed by atoms with E-state index in [4.69, 9.17) is 0 Å². The molecule has 2 fully saturated rings. The normalized spacial score (nSPS) is 26.4. The maximum atomic E-state index is 12.4. The average molecular weight is 319 g/mol. The Labute approximate surface area is 132 Å². The number of carboxylic acids is 1. The van der Waals surface area contributed by atoms with Gasteiger partial charge in [-0.3, -0.25) is 14.4 Å². The van der Waals surface area contributed by atoms with Crippen LogP contribution in [0.3, 0.4) is 0 Å². The first-order chi connectivity index (χ1) is 11.0. The Bertz CT molecular complexity index is 658. The van der Waals surface area contributed by atoms with E-state index in [1.165, 1.54) is 27.1 Å². The van der Waals surface area contributed by atoms with Crippen molar-refractivity contribution in [3.8, 4) is 0 Å². The van der Waals surface area contributed by atoms with Gasteiger partial charge in [-0.1, -0.05) is 6.08 Å². The Morgan fingerprint density at radius 1 is 1.48 bits per heavy atom. The Morgan fingerprint density at radius 2 is 2.26 bits per heavy atom. The molecule has 0 bridgehead atoms. The highest BCUT2D eigenvalue weighted by Crippen LogP contribution is 2.43. The molecule has 2 aliphatic heterocycles. The highest BCUT2D eigenvalue weighted by Gasteiger charge is 2.62. The number of likely N-dealkylation sites (tertiary alicyclic amines) is 2. The minimum atomic E-state index is -1.24. The summed E-state index contributed by atoms with van der Waals surface area (Å²) in [6.07, 6.45) is 4.31. The highest BCUT2D eigenvalue weighted by atomic mass is 16.4. The summed E-state index contributed by atoms with van der Waals surface area (Å²) in [7, 11) is 0. The summed E-state index contributed by atoms with van der Waals surface area (Å²) in [5.41, 5.74) is -1.24. The van der Waals surface area contributed by atoms with Gasteiger partial charge in [0.1, 0.15) is 24.6 Å². The van der Waals surface area contributed by atoms with Gasteiger partial charge in [0.15, 0.2) is 0 Å². The van der Waals surface area contributed by atoms with Gasteiger partial charge in [-0.2, -0.15) is 5.10 Å². The molecule has 2 amide bonds. The monoisotopic (exact) mass is 319 g/mol. The zero-order chi connectivity index (χ0) is 16.6. The molecule has 0 saturated carbocycles. The van der Waals surface area contributed by atoms with E-state index < -0.39 is 17.3 Å². The number of rotatable bonds is 5. The third-order valence-corrected chi connectivity index (χ3v) is 4.52. The standard InChI is InChI=1S/C14H17N5O4/c1-2-3-17-6-14(13(22)23)7-18(4-10(14)12(17)21)11(20)5-19-9-15-8-16-19/h2,8-10H,1,3-7H2,(H,22,23)/t10-,14+/m0/s1. The maximum Gasteiger partial charge on any atom is 0.314 e. The molecule has 1 N–H and O–H groups in total. The smallest absolute Gasteiger partial charge is 0.314 e. The minimum absolute atomic E-state index is 0.0209. The highest BCUT2D eigenvalue weighted by molar-refractivity contribution is 5.94. The summed E-state index contributed by atoms with van der Waals surface area (Å²) in [4.78, 5) is 43.2. The predicted octanol–water partition coefficient (Wildman–Crippen LogP) is -1.16. The molecule has 0 aliphatic carbocycles. The van der Waals surface area contributed by atoms with Crippen LogP contribution in [-0.4, -0.2) is 73.6 Å². The fourth-order valence-electron chi connectivity index (χ4n) is 3.36. The molecule has 1 aromatic heterocycles. The van der Waals surface area contributed by atoms with E-state index in [0.29, 0.717) is 6.54 Å². The number of aliphatic carboxylic acids is 1. The quantitative estimate of drug-likeness (QED) is 0.686. The Balaban J connectivity index is 1.78. The maximum absolute atomic E-state index is 12.4. The lowest BCUT2D eigenvalue weighted by Crippen LogP contribution is -2.42. The van der Waals surface area contributed by atoms with Gasteiger partial charge >= 0.3 is 5.97 Å². The first-order valence-corrected chi connectivity index (χ1v) is 7.21. The molecule has 9 nitrogen and oxygen atoms in total. The van der Waals surface area contributed by atoms with Gasteiger partial charge in [0, 0.05) is 26.2 Å². The van der Waals surface area contributed by atoms with E-state index >= 15 is 0 Å². The largest absolute Gasteiger partial charge is 0.481 e. The lowest BCUT2D eigenvalue weighted by molar-refractivity contribution is -0.150. The third-order valence-electron chi connectivity index (χ3n) is 4.52. The van der Waals surface area contributed by atoms with Crippen molar-refractivity contribution in [1.29, 1.82) is 0 Å². The molecule has 1 aromatic rings. The molecule has 2 atom stereocenters. The Kier molecular flexibility index (Phi) is 3.63. The van der Waals surface area contributed by atoms with Crippen LogP contribution in [0, 0.1) is 11.3 Å². The fourth-order valence-corrected chi connectivity index (χ4v) is 3.36. The summed E-state index contributed by atoms with van der Waals surface area (Å²) < 4.78 is 1.37. The van der Waals surface area contributed by atoms with Crippen molar-refractivity contribution >= 4 is 17.8 Å². The molecule has 0 spiro atoms. The van der Waals surface area contributed by atoms with Crippen molar-refractivity contribution in [2.75, 3.05) is 26.2 Å². The number of carbonyl (C=O) groups is 3. The van der Waals surface area contributed by atoms with E-state index in [1.807, 2.05) is 0 Å². The van der Waals surface area contributed by atoms with Gasteiger partial charge in [-0.25, -0.2) is 9.67 Å². The van der Waals surface area contributed by atoms with Gasteiger partial charge in [-0.05, 0) is 0 Å². The second-order valence-corrected chi connectivity index (χ2v) is 5.89. The van der Waals surface area contributed by atoms with Crippen LogP contribution in [-0.2, 0) is 20.9 Å². The van der Waals surface area contributed by atoms with E-state index in [9.17, 15) is 19.5 Å². The molecule has 2 aliphatic rings. The lowest BCUT2D eigenvalue weighted by atomic mass is 9.81. The van der Waals surface area contributed by atoms with Gasteiger partial charge in [-0.15, -0.1) is 6.58 Å². The lowest BCUT2D eigenvalue weighted by Gasteiger charge is -2.24. The third kappa shape index (κ3) is 2.37. The molecule has 23 heavy (non-hydrogen) atoms. The molecule has 122 valence electrons. The fraction of sp³-hybridized carbons (Fsp3) is 0.500. The van der Waals surface area contributed by atoms with Crippen molar-refractivity contribution in [3.05, 3.63) is 25.3 Å². The zero-order valence-corrected chi connectivity index (χ0v) is 12.5. The number of nitrogens with zero attached hydrogens (tertiary/aromatic N) is 5.